The van der Waals surface area contributed by atoms with Crippen molar-refractivity contribution in [1.29, 1.82) is 0 Å². The van der Waals surface area contributed by atoms with Crippen molar-refractivity contribution in [2.24, 2.45) is 5.92 Å². The minimum Gasteiger partial charge on any atom is -0.300 e. The smallest absolute Gasteiger partial charge is 0.0277 e. The first-order chi connectivity index (χ1) is 4.86. The molecule has 0 N–H and O–H groups in total. The number of piperidine rings is 1. The van der Waals surface area contributed by atoms with Crippen LogP contribution >= 0.6 is 0 Å². The summed E-state index contributed by atoms with van der Waals surface area (Å²) in [6.07, 6.45) is 8.89. The predicted molar refractivity (Wildman–Crippen MR) is 42.9 cm³/mol. The molecule has 0 amide bonds. The van der Waals surface area contributed by atoms with Crippen LogP contribution in [-0.4, -0.2) is 24.5 Å². The van der Waals surface area contributed by atoms with Gasteiger partial charge in [0.05, 0.1) is 0 Å². The lowest BCUT2D eigenvalue weighted by Gasteiger charge is -2.37. The van der Waals surface area contributed by atoms with Gasteiger partial charge < -0.3 is 0 Å². The molecule has 1 aliphatic carbocycles. The van der Waals surface area contributed by atoms with E-state index in [1.54, 1.807) is 0 Å². The molecular formula is C9H15N. The van der Waals surface area contributed by atoms with E-state index < -0.39 is 0 Å². The summed E-state index contributed by atoms with van der Waals surface area (Å²) in [6.45, 7) is 1.31. The molecule has 2 atom stereocenters. The summed E-state index contributed by atoms with van der Waals surface area (Å²) >= 11 is 0. The van der Waals surface area contributed by atoms with Crippen LogP contribution in [0.2, 0.25) is 0 Å². The van der Waals surface area contributed by atoms with Crippen LogP contribution in [0.4, 0.5) is 0 Å². The zero-order chi connectivity index (χ0) is 6.97. The number of allylic oxidation sites excluding steroid dienone is 1. The molecule has 0 spiro atoms. The number of hydrogen-bond donors (Lipinski definition) is 0. The largest absolute Gasteiger partial charge is 0.300 e. The normalized spacial score (nSPS) is 40.1. The van der Waals surface area contributed by atoms with Gasteiger partial charge in [-0.1, -0.05) is 12.2 Å². The van der Waals surface area contributed by atoms with Crippen LogP contribution in [0.25, 0.3) is 0 Å². The molecule has 0 aromatic carbocycles. The minimum atomic E-state index is 0.771. The van der Waals surface area contributed by atoms with Gasteiger partial charge in [0.25, 0.3) is 0 Å². The molecule has 1 fully saturated rings. The first-order valence-electron chi connectivity index (χ1n) is 4.23. The lowest BCUT2D eigenvalue weighted by atomic mass is 9.84. The molecule has 2 unspecified atom stereocenters. The maximum absolute atomic E-state index is 2.46. The van der Waals surface area contributed by atoms with Gasteiger partial charge in [0.2, 0.25) is 0 Å². The first kappa shape index (κ1) is 6.41. The van der Waals surface area contributed by atoms with E-state index in [4.69, 9.17) is 0 Å². The maximum atomic E-state index is 2.46. The molecule has 2 aliphatic rings. The Morgan fingerprint density at radius 2 is 2.40 bits per heavy atom. The molecule has 1 heteroatoms. The second-order valence-electron chi connectivity index (χ2n) is 3.60. The molecule has 1 saturated heterocycles. The third-order valence-corrected chi connectivity index (χ3v) is 2.86. The second-order valence-corrected chi connectivity index (χ2v) is 3.60. The average molecular weight is 137 g/mol. The van der Waals surface area contributed by atoms with Gasteiger partial charge in [-0.3, -0.25) is 4.90 Å². The monoisotopic (exact) mass is 137 g/mol. The van der Waals surface area contributed by atoms with Crippen LogP contribution in [0.1, 0.15) is 19.3 Å². The Balaban J connectivity index is 2.12. The lowest BCUT2D eigenvalue weighted by molar-refractivity contribution is 0.164. The molecule has 56 valence electrons. The van der Waals surface area contributed by atoms with Crippen molar-refractivity contribution in [2.45, 2.75) is 25.3 Å². The minimum absolute atomic E-state index is 0.771. The van der Waals surface area contributed by atoms with Crippen LogP contribution in [0, 0.1) is 5.92 Å². The van der Waals surface area contributed by atoms with Crippen molar-refractivity contribution < 1.29 is 0 Å². The molecule has 0 saturated carbocycles. The molecule has 2 bridgehead atoms. The Morgan fingerprint density at radius 3 is 3.20 bits per heavy atom. The zero-order valence-corrected chi connectivity index (χ0v) is 6.59. The van der Waals surface area contributed by atoms with Crippen molar-refractivity contribution in [1.82, 2.24) is 4.90 Å². The van der Waals surface area contributed by atoms with Crippen molar-refractivity contribution in [3.8, 4) is 0 Å². The number of likely N-dealkylation sites (N-methyl/N-ethyl adjacent to an activating group) is 1. The molecule has 0 radical (unpaired) electrons. The molecular weight excluding hydrogens is 122 g/mol. The van der Waals surface area contributed by atoms with E-state index in [9.17, 15) is 0 Å². The molecule has 2 rings (SSSR count). The molecule has 1 aliphatic heterocycles. The quantitative estimate of drug-likeness (QED) is 0.459. The van der Waals surface area contributed by atoms with Crippen molar-refractivity contribution >= 4 is 0 Å². The fourth-order valence-corrected chi connectivity index (χ4v) is 2.06. The van der Waals surface area contributed by atoms with Crippen molar-refractivity contribution in [3.05, 3.63) is 12.2 Å². The topological polar surface area (TPSA) is 3.24 Å². The van der Waals surface area contributed by atoms with Crippen LogP contribution in [0.3, 0.4) is 0 Å². The fourth-order valence-electron chi connectivity index (χ4n) is 2.06. The van der Waals surface area contributed by atoms with E-state index >= 15 is 0 Å². The highest BCUT2D eigenvalue weighted by molar-refractivity contribution is 5.03. The van der Waals surface area contributed by atoms with Gasteiger partial charge >= 0.3 is 0 Å². The highest BCUT2D eigenvalue weighted by Gasteiger charge is 2.25. The fraction of sp³-hybridized carbons (Fsp3) is 0.778. The van der Waals surface area contributed by atoms with E-state index in [0.29, 0.717) is 0 Å². The summed E-state index contributed by atoms with van der Waals surface area (Å²) in [6, 6.07) is 0.771. The molecule has 0 aromatic rings. The van der Waals surface area contributed by atoms with Crippen molar-refractivity contribution in [3.63, 3.8) is 0 Å². The number of rotatable bonds is 0. The van der Waals surface area contributed by atoms with Crippen LogP contribution in [0.15, 0.2) is 12.2 Å². The predicted octanol–water partition coefficient (Wildman–Crippen LogP) is 1.66. The lowest BCUT2D eigenvalue weighted by Crippen LogP contribution is -2.39. The van der Waals surface area contributed by atoms with Crippen LogP contribution < -0.4 is 0 Å². The number of nitrogens with zero attached hydrogens (tertiary/aromatic N) is 1. The SMILES string of the molecule is CN1CCC2CC=CC1C2. The van der Waals surface area contributed by atoms with Gasteiger partial charge in [-0.15, -0.1) is 0 Å². The first-order valence-corrected chi connectivity index (χ1v) is 4.23. The maximum Gasteiger partial charge on any atom is 0.0277 e. The Bertz CT molecular complexity index is 151. The molecule has 1 heterocycles. The number of hydrogen-bond acceptors (Lipinski definition) is 1. The van der Waals surface area contributed by atoms with Gasteiger partial charge in [0.1, 0.15) is 0 Å². The number of fused-ring (bicyclic) bond motifs is 2. The molecule has 0 aromatic heterocycles. The van der Waals surface area contributed by atoms with Gasteiger partial charge in [-0.25, -0.2) is 0 Å². The van der Waals surface area contributed by atoms with E-state index in [1.165, 1.54) is 25.8 Å². The summed E-state index contributed by atoms with van der Waals surface area (Å²) < 4.78 is 0. The summed E-state index contributed by atoms with van der Waals surface area (Å²) in [5, 5.41) is 0. The van der Waals surface area contributed by atoms with Gasteiger partial charge in [0.15, 0.2) is 0 Å². The average Bonchev–Trinajstić information content (AvgIpc) is 1.99. The second kappa shape index (κ2) is 2.39. The highest BCUT2D eigenvalue weighted by Crippen LogP contribution is 2.29. The van der Waals surface area contributed by atoms with E-state index in [2.05, 4.69) is 24.1 Å². The van der Waals surface area contributed by atoms with Crippen molar-refractivity contribution in [2.75, 3.05) is 13.6 Å². The van der Waals surface area contributed by atoms with E-state index in [0.717, 1.165) is 12.0 Å². The molecule has 10 heavy (non-hydrogen) atoms. The zero-order valence-electron chi connectivity index (χ0n) is 6.59. The van der Waals surface area contributed by atoms with E-state index in [-0.39, 0.29) is 0 Å². The summed E-state index contributed by atoms with van der Waals surface area (Å²) in [4.78, 5) is 2.46. The standard InChI is InChI=1S/C9H15N/c1-10-6-5-8-3-2-4-9(10)7-8/h2,4,8-9H,3,5-7H2,1H3. The summed E-state index contributed by atoms with van der Waals surface area (Å²) in [5.74, 6) is 1.01. The third-order valence-electron chi connectivity index (χ3n) is 2.86. The molecule has 1 nitrogen and oxygen atoms in total. The van der Waals surface area contributed by atoms with Gasteiger partial charge in [-0.2, -0.15) is 0 Å². The Hall–Kier alpha value is -0.300. The third kappa shape index (κ3) is 0.988. The van der Waals surface area contributed by atoms with Gasteiger partial charge in [-0.05, 0) is 38.8 Å². The summed E-state index contributed by atoms with van der Waals surface area (Å²) in [7, 11) is 2.23. The van der Waals surface area contributed by atoms with Gasteiger partial charge in [0, 0.05) is 6.04 Å². The Morgan fingerprint density at radius 1 is 1.50 bits per heavy atom. The number of likely N-dealkylation sites (tertiary alicyclic amines) is 1. The highest BCUT2D eigenvalue weighted by atomic mass is 15.1. The summed E-state index contributed by atoms with van der Waals surface area (Å²) in [5.41, 5.74) is 0. The Labute approximate surface area is 62.7 Å². The Kier molecular flexibility index (Phi) is 1.53. The van der Waals surface area contributed by atoms with E-state index in [1.807, 2.05) is 0 Å². The van der Waals surface area contributed by atoms with Crippen LogP contribution in [0.5, 0.6) is 0 Å². The van der Waals surface area contributed by atoms with Crippen LogP contribution in [-0.2, 0) is 0 Å².